The van der Waals surface area contributed by atoms with Gasteiger partial charge in [0.1, 0.15) is 6.04 Å². The van der Waals surface area contributed by atoms with Gasteiger partial charge in [-0.15, -0.1) is 12.4 Å². The fourth-order valence-electron chi connectivity index (χ4n) is 3.74. The highest BCUT2D eigenvalue weighted by Crippen LogP contribution is 2.37. The average Bonchev–Trinajstić information content (AvgIpc) is 2.79. The second-order valence-corrected chi connectivity index (χ2v) is 8.13. The summed E-state index contributed by atoms with van der Waals surface area (Å²) in [6.07, 6.45) is 2.40. The van der Waals surface area contributed by atoms with Gasteiger partial charge in [-0.3, -0.25) is 14.4 Å². The zero-order chi connectivity index (χ0) is 18.1. The minimum Gasteiger partial charge on any atom is -0.480 e. The van der Waals surface area contributed by atoms with Crippen LogP contribution in [0.1, 0.15) is 46.5 Å². The number of aliphatic carboxylic acids is 1. The first kappa shape index (κ1) is 21.7. The molecule has 0 saturated carbocycles. The van der Waals surface area contributed by atoms with E-state index in [-0.39, 0.29) is 35.7 Å². The molecule has 2 heterocycles. The summed E-state index contributed by atoms with van der Waals surface area (Å²) in [6.45, 7) is 7.01. The Kier molecular flexibility index (Phi) is 6.87. The van der Waals surface area contributed by atoms with E-state index < -0.39 is 17.4 Å². The highest BCUT2D eigenvalue weighted by atomic mass is 35.5. The van der Waals surface area contributed by atoms with Crippen LogP contribution in [0.4, 0.5) is 0 Å². The van der Waals surface area contributed by atoms with E-state index in [1.807, 2.05) is 25.7 Å². The molecule has 144 valence electrons. The first-order chi connectivity index (χ1) is 11.1. The van der Waals surface area contributed by atoms with Gasteiger partial charge in [-0.1, -0.05) is 20.8 Å². The van der Waals surface area contributed by atoms with Crippen molar-refractivity contribution in [2.45, 2.75) is 58.0 Å². The lowest BCUT2D eigenvalue weighted by Crippen LogP contribution is -2.53. The van der Waals surface area contributed by atoms with Crippen molar-refractivity contribution < 1.29 is 19.5 Å². The Hall–Kier alpha value is -1.34. The lowest BCUT2D eigenvalue weighted by molar-refractivity contribution is -0.141. The Bertz CT molecular complexity index is 524. The number of amides is 2. The molecule has 0 bridgehead atoms. The van der Waals surface area contributed by atoms with Gasteiger partial charge in [0.05, 0.1) is 0 Å². The van der Waals surface area contributed by atoms with Crippen molar-refractivity contribution in [3.63, 3.8) is 0 Å². The van der Waals surface area contributed by atoms with Crippen molar-refractivity contribution in [3.05, 3.63) is 0 Å². The predicted molar refractivity (Wildman–Crippen MR) is 96.6 cm³/mol. The third-order valence-corrected chi connectivity index (χ3v) is 5.21. The molecule has 8 heteroatoms. The lowest BCUT2D eigenvalue weighted by Gasteiger charge is -2.41. The summed E-state index contributed by atoms with van der Waals surface area (Å²) in [5.41, 5.74) is -0.680. The molecule has 0 aromatic heterocycles. The van der Waals surface area contributed by atoms with Crippen LogP contribution in [0.15, 0.2) is 0 Å². The minimum atomic E-state index is -0.933. The van der Waals surface area contributed by atoms with Crippen LogP contribution in [0, 0.1) is 11.3 Å². The normalized spacial score (nSPS) is 23.8. The van der Waals surface area contributed by atoms with Crippen molar-refractivity contribution >= 4 is 30.2 Å². The number of likely N-dealkylation sites (tertiary alicyclic amines) is 1. The van der Waals surface area contributed by atoms with E-state index in [0.29, 0.717) is 25.9 Å². The number of piperidine rings is 1. The Balaban J connectivity index is 0.00000312. The fourth-order valence-corrected chi connectivity index (χ4v) is 3.74. The molecular formula is C17H30ClN3O4. The van der Waals surface area contributed by atoms with Crippen LogP contribution in [-0.4, -0.2) is 59.5 Å². The van der Waals surface area contributed by atoms with Crippen LogP contribution in [0.25, 0.3) is 0 Å². The van der Waals surface area contributed by atoms with E-state index in [0.717, 1.165) is 12.8 Å². The Morgan fingerprint density at radius 1 is 1.36 bits per heavy atom. The SMILES string of the molecule is CN[C@@H](C[C@H]1CC2(CCN(C(=O)C(C)(C)C)CC2)NC1=O)C(=O)O.Cl. The first-order valence-electron chi connectivity index (χ1n) is 8.59. The summed E-state index contributed by atoms with van der Waals surface area (Å²) in [5.74, 6) is -1.15. The van der Waals surface area contributed by atoms with E-state index in [1.165, 1.54) is 0 Å². The van der Waals surface area contributed by atoms with Crippen molar-refractivity contribution in [1.29, 1.82) is 0 Å². The molecule has 0 aromatic rings. The fraction of sp³-hybridized carbons (Fsp3) is 0.824. The predicted octanol–water partition coefficient (Wildman–Crippen LogP) is 1.01. The second-order valence-electron chi connectivity index (χ2n) is 8.13. The standard InChI is InChI=1S/C17H29N3O4.ClH/c1-16(2,3)15(24)20-7-5-17(6-8-20)10-11(13(21)19-17)9-12(18-4)14(22)23;/h11-12,18H,5-10H2,1-4H3,(H,19,21)(H,22,23);1H/t11-,12-;/m0./s1. The summed E-state index contributed by atoms with van der Waals surface area (Å²) in [7, 11) is 1.60. The summed E-state index contributed by atoms with van der Waals surface area (Å²) in [5, 5.41) is 15.0. The maximum atomic E-state index is 12.4. The summed E-state index contributed by atoms with van der Waals surface area (Å²) >= 11 is 0. The molecule has 7 nitrogen and oxygen atoms in total. The number of hydrogen-bond donors (Lipinski definition) is 3. The Morgan fingerprint density at radius 2 is 1.92 bits per heavy atom. The lowest BCUT2D eigenvalue weighted by atomic mass is 9.81. The molecule has 3 N–H and O–H groups in total. The molecular weight excluding hydrogens is 346 g/mol. The van der Waals surface area contributed by atoms with Gasteiger partial charge in [0.25, 0.3) is 0 Å². The van der Waals surface area contributed by atoms with E-state index in [2.05, 4.69) is 10.6 Å². The molecule has 1 spiro atoms. The molecule has 2 aliphatic rings. The number of carboxylic acids is 1. The highest BCUT2D eigenvalue weighted by molar-refractivity contribution is 5.85. The van der Waals surface area contributed by atoms with Crippen molar-refractivity contribution in [1.82, 2.24) is 15.5 Å². The quantitative estimate of drug-likeness (QED) is 0.681. The topological polar surface area (TPSA) is 98.7 Å². The van der Waals surface area contributed by atoms with Crippen LogP contribution in [0.3, 0.4) is 0 Å². The van der Waals surface area contributed by atoms with E-state index in [1.54, 1.807) is 7.05 Å². The number of carbonyl (C=O) groups is 3. The summed E-state index contributed by atoms with van der Waals surface area (Å²) in [4.78, 5) is 37.7. The molecule has 0 aliphatic carbocycles. The third kappa shape index (κ3) is 4.85. The van der Waals surface area contributed by atoms with Gasteiger partial charge < -0.3 is 20.6 Å². The van der Waals surface area contributed by atoms with Crippen molar-refractivity contribution in [3.8, 4) is 0 Å². The van der Waals surface area contributed by atoms with Gasteiger partial charge in [-0.05, 0) is 32.7 Å². The number of likely N-dealkylation sites (N-methyl/N-ethyl adjacent to an activating group) is 1. The van der Waals surface area contributed by atoms with E-state index in [9.17, 15) is 14.4 Å². The van der Waals surface area contributed by atoms with Crippen molar-refractivity contribution in [2.24, 2.45) is 11.3 Å². The van der Waals surface area contributed by atoms with Crippen LogP contribution in [0.5, 0.6) is 0 Å². The van der Waals surface area contributed by atoms with Gasteiger partial charge >= 0.3 is 5.97 Å². The van der Waals surface area contributed by atoms with E-state index >= 15 is 0 Å². The maximum Gasteiger partial charge on any atom is 0.320 e. The van der Waals surface area contributed by atoms with Crippen LogP contribution in [0.2, 0.25) is 0 Å². The summed E-state index contributed by atoms with van der Waals surface area (Å²) in [6, 6.07) is -0.710. The number of hydrogen-bond acceptors (Lipinski definition) is 4. The van der Waals surface area contributed by atoms with Crippen molar-refractivity contribution in [2.75, 3.05) is 20.1 Å². The molecule has 2 rings (SSSR count). The van der Waals surface area contributed by atoms with Gasteiger partial charge in [-0.25, -0.2) is 0 Å². The second kappa shape index (κ2) is 7.91. The molecule has 0 unspecified atom stereocenters. The smallest absolute Gasteiger partial charge is 0.320 e. The molecule has 2 aliphatic heterocycles. The van der Waals surface area contributed by atoms with Crippen LogP contribution < -0.4 is 10.6 Å². The zero-order valence-corrected chi connectivity index (χ0v) is 16.2. The third-order valence-electron chi connectivity index (χ3n) is 5.21. The number of carbonyl (C=O) groups excluding carboxylic acids is 2. The van der Waals surface area contributed by atoms with Gasteiger partial charge in [0.2, 0.25) is 11.8 Å². The number of rotatable bonds is 4. The van der Waals surface area contributed by atoms with E-state index in [4.69, 9.17) is 5.11 Å². The number of nitrogens with zero attached hydrogens (tertiary/aromatic N) is 1. The molecule has 0 aromatic carbocycles. The van der Waals surface area contributed by atoms with Gasteiger partial charge in [0, 0.05) is 30.0 Å². The molecule has 2 atom stereocenters. The van der Waals surface area contributed by atoms with Gasteiger partial charge in [0.15, 0.2) is 0 Å². The Labute approximate surface area is 155 Å². The molecule has 2 saturated heterocycles. The number of nitrogens with one attached hydrogen (secondary N) is 2. The first-order valence-corrected chi connectivity index (χ1v) is 8.59. The van der Waals surface area contributed by atoms with Crippen LogP contribution in [-0.2, 0) is 14.4 Å². The molecule has 0 radical (unpaired) electrons. The average molecular weight is 376 g/mol. The van der Waals surface area contributed by atoms with Gasteiger partial charge in [-0.2, -0.15) is 0 Å². The molecule has 2 amide bonds. The Morgan fingerprint density at radius 3 is 2.36 bits per heavy atom. The molecule has 2 fully saturated rings. The monoisotopic (exact) mass is 375 g/mol. The summed E-state index contributed by atoms with van der Waals surface area (Å²) < 4.78 is 0. The number of carboxylic acid groups (broad SMARTS) is 1. The van der Waals surface area contributed by atoms with Crippen LogP contribution >= 0.6 is 12.4 Å². The number of halogens is 1. The highest BCUT2D eigenvalue weighted by Gasteiger charge is 2.47. The zero-order valence-electron chi connectivity index (χ0n) is 15.4. The maximum absolute atomic E-state index is 12.4. The minimum absolute atomic E-state index is 0. The largest absolute Gasteiger partial charge is 0.480 e. The molecule has 25 heavy (non-hydrogen) atoms.